The van der Waals surface area contributed by atoms with Crippen LogP contribution in [0.4, 0.5) is 0 Å². The molecule has 24 heteroatoms. The van der Waals surface area contributed by atoms with Crippen LogP contribution in [-0.2, 0) is 100 Å². The normalized spacial score (nSPS) is 25.9. The first-order valence-electron chi connectivity index (χ1n) is 20.2. The van der Waals surface area contributed by atoms with E-state index in [1.807, 2.05) is 0 Å². The molecule has 1 aromatic rings. The number of rotatable bonds is 19. The maximum absolute atomic E-state index is 14.9. The van der Waals surface area contributed by atoms with Crippen molar-refractivity contribution in [3.05, 3.63) is 24.3 Å². The van der Waals surface area contributed by atoms with Crippen LogP contribution in [0.5, 0.6) is 11.5 Å². The summed E-state index contributed by atoms with van der Waals surface area (Å²) in [4.78, 5) is 130. The summed E-state index contributed by atoms with van der Waals surface area (Å²) >= 11 is 0. The highest BCUT2D eigenvalue weighted by molar-refractivity contribution is 5.82. The molecule has 66 heavy (non-hydrogen) atoms. The van der Waals surface area contributed by atoms with E-state index < -0.39 is 152 Å². The fourth-order valence-electron chi connectivity index (χ4n) is 7.61. The Morgan fingerprint density at radius 1 is 0.667 bits per heavy atom. The molecule has 1 amide bonds. The number of hydrogen-bond donors (Lipinski definition) is 1. The number of carbonyl (C=O) groups excluding carboxylic acids is 10. The highest BCUT2D eigenvalue weighted by Crippen LogP contribution is 2.46. The zero-order valence-corrected chi connectivity index (χ0v) is 38.2. The number of ether oxygens (including phenoxy) is 13. The van der Waals surface area contributed by atoms with E-state index in [0.717, 1.165) is 69.4 Å². The van der Waals surface area contributed by atoms with E-state index in [0.29, 0.717) is 5.75 Å². The Balaban J connectivity index is 2.58. The zero-order chi connectivity index (χ0) is 49.6. The summed E-state index contributed by atoms with van der Waals surface area (Å²) < 4.78 is 74.6. The van der Waals surface area contributed by atoms with Gasteiger partial charge in [0.15, 0.2) is 24.4 Å². The Kier molecular flexibility index (Phi) is 19.6. The van der Waals surface area contributed by atoms with Gasteiger partial charge in [-0.25, -0.2) is 4.79 Å². The van der Waals surface area contributed by atoms with Gasteiger partial charge < -0.3 is 66.9 Å². The summed E-state index contributed by atoms with van der Waals surface area (Å²) in [6.07, 6.45) is -18.0. The minimum absolute atomic E-state index is 0.0520. The van der Waals surface area contributed by atoms with Crippen molar-refractivity contribution in [2.24, 2.45) is 5.92 Å². The molecular formula is C42H55NO23. The van der Waals surface area contributed by atoms with Gasteiger partial charge in [0, 0.05) is 68.7 Å². The van der Waals surface area contributed by atoms with Gasteiger partial charge in [0.1, 0.15) is 49.1 Å². The Bertz CT molecular complexity index is 1950. The molecule has 0 bridgehead atoms. The van der Waals surface area contributed by atoms with E-state index in [4.69, 9.17) is 61.6 Å². The SMILES string of the molecule is COC(=O)[C@@]1([C@@H](OC(C)=O)[C@H]2[C@@H](OC(C)=O)[C@@H](COC(C)=O)O[C@@H](Oc3ccc(OC)cc3)[C@@H]2OC(C)=O)C[C@H](OC(C)=O)[C@@H](NC(C)=O)[C@H]([C@H](OC(C)=O)[C@@H](COC(C)=O)OC(C)=O)O1. The van der Waals surface area contributed by atoms with Crippen LogP contribution < -0.4 is 14.8 Å². The fraction of sp³-hybridized carbons (Fsp3) is 0.619. The van der Waals surface area contributed by atoms with Crippen molar-refractivity contribution >= 4 is 59.6 Å². The molecule has 2 aliphatic heterocycles. The Morgan fingerprint density at radius 3 is 1.70 bits per heavy atom. The third-order valence-electron chi connectivity index (χ3n) is 9.76. The van der Waals surface area contributed by atoms with Gasteiger partial charge in [-0.2, -0.15) is 0 Å². The topological polar surface area (TPSA) is 303 Å². The lowest BCUT2D eigenvalue weighted by Gasteiger charge is -2.54. The number of carbonyl (C=O) groups is 10. The molecule has 1 N–H and O–H groups in total. The average molecular weight is 942 g/mol. The number of amides is 1. The molecule has 12 atom stereocenters. The monoisotopic (exact) mass is 941 g/mol. The summed E-state index contributed by atoms with van der Waals surface area (Å²) in [6.45, 7) is 7.30. The molecule has 366 valence electrons. The maximum atomic E-state index is 14.9. The van der Waals surface area contributed by atoms with Crippen LogP contribution in [0.25, 0.3) is 0 Å². The van der Waals surface area contributed by atoms with Crippen LogP contribution >= 0.6 is 0 Å². The first-order valence-corrected chi connectivity index (χ1v) is 20.2. The summed E-state index contributed by atoms with van der Waals surface area (Å²) in [5.41, 5.74) is -2.92. The minimum Gasteiger partial charge on any atom is -0.497 e. The molecule has 3 rings (SSSR count). The van der Waals surface area contributed by atoms with Crippen LogP contribution in [0.3, 0.4) is 0 Å². The predicted molar refractivity (Wildman–Crippen MR) is 214 cm³/mol. The van der Waals surface area contributed by atoms with Crippen molar-refractivity contribution in [2.45, 2.75) is 135 Å². The van der Waals surface area contributed by atoms with Crippen molar-refractivity contribution in [3.63, 3.8) is 0 Å². The second-order valence-corrected chi connectivity index (χ2v) is 15.0. The number of hydrogen-bond acceptors (Lipinski definition) is 23. The highest BCUT2D eigenvalue weighted by atomic mass is 16.7. The van der Waals surface area contributed by atoms with Crippen LogP contribution in [-0.4, -0.2) is 154 Å². The van der Waals surface area contributed by atoms with E-state index >= 15 is 0 Å². The van der Waals surface area contributed by atoms with Crippen LogP contribution in [0.2, 0.25) is 0 Å². The van der Waals surface area contributed by atoms with Gasteiger partial charge in [0.05, 0.1) is 26.2 Å². The number of methoxy groups -OCH3 is 2. The van der Waals surface area contributed by atoms with E-state index in [1.54, 1.807) is 0 Å². The molecule has 0 unspecified atom stereocenters. The van der Waals surface area contributed by atoms with Crippen molar-refractivity contribution in [2.75, 3.05) is 27.4 Å². The van der Waals surface area contributed by atoms with Gasteiger partial charge in [-0.1, -0.05) is 0 Å². The lowest BCUT2D eigenvalue weighted by Crippen LogP contribution is -2.75. The van der Waals surface area contributed by atoms with Crippen LogP contribution in [0.1, 0.15) is 68.7 Å². The number of nitrogens with one attached hydrogen (secondary N) is 1. The summed E-state index contributed by atoms with van der Waals surface area (Å²) in [6, 6.07) is 4.22. The molecule has 2 fully saturated rings. The molecule has 0 spiro atoms. The largest absolute Gasteiger partial charge is 0.497 e. The Morgan fingerprint density at radius 2 is 1.21 bits per heavy atom. The third-order valence-corrected chi connectivity index (χ3v) is 9.76. The molecule has 2 heterocycles. The first kappa shape index (κ1) is 53.8. The molecule has 24 nitrogen and oxygen atoms in total. The fourth-order valence-corrected chi connectivity index (χ4v) is 7.61. The number of esters is 9. The summed E-state index contributed by atoms with van der Waals surface area (Å²) in [7, 11) is 2.30. The molecule has 0 aromatic heterocycles. The molecule has 2 saturated heterocycles. The van der Waals surface area contributed by atoms with Crippen molar-refractivity contribution in [1.82, 2.24) is 5.32 Å². The zero-order valence-electron chi connectivity index (χ0n) is 38.2. The van der Waals surface area contributed by atoms with Gasteiger partial charge in [-0.15, -0.1) is 0 Å². The Hall–Kier alpha value is -6.56. The lowest BCUT2D eigenvalue weighted by molar-refractivity contribution is -0.311. The van der Waals surface area contributed by atoms with Crippen molar-refractivity contribution in [3.8, 4) is 11.5 Å². The van der Waals surface area contributed by atoms with Gasteiger partial charge >= 0.3 is 53.7 Å². The van der Waals surface area contributed by atoms with Gasteiger partial charge in [-0.3, -0.25) is 43.2 Å². The highest BCUT2D eigenvalue weighted by Gasteiger charge is 2.68. The van der Waals surface area contributed by atoms with Crippen molar-refractivity contribution in [1.29, 1.82) is 0 Å². The molecule has 2 aliphatic rings. The van der Waals surface area contributed by atoms with Gasteiger partial charge in [0.25, 0.3) is 0 Å². The average Bonchev–Trinajstić information content (AvgIpc) is 3.20. The molecule has 0 radical (unpaired) electrons. The van der Waals surface area contributed by atoms with E-state index in [2.05, 4.69) is 5.32 Å². The van der Waals surface area contributed by atoms with E-state index in [1.165, 1.54) is 31.4 Å². The summed E-state index contributed by atoms with van der Waals surface area (Å²) in [5, 5.41) is 2.54. The molecular weight excluding hydrogens is 886 g/mol. The molecule has 1 aromatic carbocycles. The molecule has 0 aliphatic carbocycles. The van der Waals surface area contributed by atoms with Crippen LogP contribution in [0, 0.1) is 5.92 Å². The van der Waals surface area contributed by atoms with Crippen LogP contribution in [0.15, 0.2) is 24.3 Å². The summed E-state index contributed by atoms with van der Waals surface area (Å²) in [5.74, 6) is -11.8. The lowest BCUT2D eigenvalue weighted by atomic mass is 9.71. The number of benzene rings is 1. The maximum Gasteiger partial charge on any atom is 0.342 e. The van der Waals surface area contributed by atoms with E-state index in [9.17, 15) is 47.9 Å². The minimum atomic E-state index is -2.92. The quantitative estimate of drug-likeness (QED) is 0.144. The van der Waals surface area contributed by atoms with Gasteiger partial charge in [-0.05, 0) is 24.3 Å². The van der Waals surface area contributed by atoms with Crippen molar-refractivity contribution < 1.29 is 110 Å². The third kappa shape index (κ3) is 14.7. The second-order valence-electron chi connectivity index (χ2n) is 15.0. The van der Waals surface area contributed by atoms with E-state index in [-0.39, 0.29) is 5.75 Å². The predicted octanol–water partition coefficient (Wildman–Crippen LogP) is 0.337. The molecule has 0 saturated carbocycles. The smallest absolute Gasteiger partial charge is 0.342 e. The standard InChI is InChI=1S/C42H55NO23/c1-19(44)43-34-30(58-22(4)47)16-42(41(53)55-11,66-38(34)36(61-25(7)50)32(59-23(5)48)18-57-21(3)46)39(63-27(9)52)33-35(60-24(6)49)31(17-56-20(2)45)65-40(37(33)62-26(8)51)64-29-14-12-28(54-10)13-15-29/h12-15,30-40H,16-18H2,1-11H3,(H,43,44)/t30-,31+,32+,33-,34+,35-,36+,37+,38+,39-,40+,42-/m0/s1. The first-order chi connectivity index (χ1) is 30.9. The second kappa shape index (κ2) is 24.1. The Labute approximate surface area is 378 Å². The van der Waals surface area contributed by atoms with Gasteiger partial charge in [0.2, 0.25) is 17.8 Å².